The van der Waals surface area contributed by atoms with E-state index in [1.807, 2.05) is 6.92 Å². The smallest absolute Gasteiger partial charge is 0.0322 e. The van der Waals surface area contributed by atoms with Crippen molar-refractivity contribution in [1.29, 1.82) is 0 Å². The molecule has 0 amide bonds. The predicted octanol–water partition coefficient (Wildman–Crippen LogP) is 4.48. The van der Waals surface area contributed by atoms with Gasteiger partial charge in [-0.15, -0.1) is 11.6 Å². The minimum atomic E-state index is 0.229. The van der Waals surface area contributed by atoms with Gasteiger partial charge in [0.2, 0.25) is 0 Å². The molecule has 102 valence electrons. The largest absolute Gasteiger partial charge is 0.310 e. The fourth-order valence-corrected chi connectivity index (χ4v) is 2.25. The molecule has 2 heteroatoms. The van der Waals surface area contributed by atoms with E-state index in [1.165, 1.54) is 11.1 Å². The lowest BCUT2D eigenvalue weighted by Crippen LogP contribution is -2.27. The second kappa shape index (κ2) is 6.58. The van der Waals surface area contributed by atoms with Crippen molar-refractivity contribution in [2.24, 2.45) is 0 Å². The quantitative estimate of drug-likeness (QED) is 0.776. The van der Waals surface area contributed by atoms with Gasteiger partial charge in [0, 0.05) is 18.0 Å². The van der Waals surface area contributed by atoms with Gasteiger partial charge < -0.3 is 5.32 Å². The molecule has 1 rings (SSSR count). The van der Waals surface area contributed by atoms with E-state index < -0.39 is 0 Å². The zero-order chi connectivity index (χ0) is 13.8. The zero-order valence-electron chi connectivity index (χ0n) is 12.3. The van der Waals surface area contributed by atoms with Crippen LogP contribution in [0, 0.1) is 0 Å². The lowest BCUT2D eigenvalue weighted by atomic mass is 9.87. The van der Waals surface area contributed by atoms with Crippen LogP contribution in [-0.2, 0) is 12.0 Å². The van der Waals surface area contributed by atoms with Crippen LogP contribution in [0.15, 0.2) is 24.3 Å². The van der Waals surface area contributed by atoms with Gasteiger partial charge in [-0.1, -0.05) is 45.0 Å². The summed E-state index contributed by atoms with van der Waals surface area (Å²) in [4.78, 5) is 0. The molecule has 0 radical (unpaired) electrons. The molecule has 0 aliphatic heterocycles. The van der Waals surface area contributed by atoms with Crippen molar-refractivity contribution in [3.63, 3.8) is 0 Å². The first kappa shape index (κ1) is 15.5. The van der Waals surface area contributed by atoms with Crippen LogP contribution in [0.4, 0.5) is 0 Å². The SMILES string of the molecule is CC(Cl)CC(C)NCc1ccc(C(C)(C)C)cc1. The molecule has 0 saturated heterocycles. The van der Waals surface area contributed by atoms with E-state index in [0.29, 0.717) is 6.04 Å². The summed E-state index contributed by atoms with van der Waals surface area (Å²) in [6, 6.07) is 9.34. The van der Waals surface area contributed by atoms with E-state index in [9.17, 15) is 0 Å². The fourth-order valence-electron chi connectivity index (χ4n) is 1.99. The van der Waals surface area contributed by atoms with Crippen molar-refractivity contribution in [3.8, 4) is 0 Å². The summed E-state index contributed by atoms with van der Waals surface area (Å²) in [7, 11) is 0. The van der Waals surface area contributed by atoms with Gasteiger partial charge in [0.1, 0.15) is 0 Å². The first-order chi connectivity index (χ1) is 8.29. The Balaban J connectivity index is 2.49. The molecule has 18 heavy (non-hydrogen) atoms. The van der Waals surface area contributed by atoms with Gasteiger partial charge in [-0.25, -0.2) is 0 Å². The fraction of sp³-hybridized carbons (Fsp3) is 0.625. The molecule has 2 unspecified atom stereocenters. The number of nitrogens with one attached hydrogen (secondary N) is 1. The zero-order valence-corrected chi connectivity index (χ0v) is 13.0. The molecular weight excluding hydrogens is 242 g/mol. The van der Waals surface area contributed by atoms with Gasteiger partial charge in [-0.3, -0.25) is 0 Å². The van der Waals surface area contributed by atoms with Crippen molar-refractivity contribution < 1.29 is 0 Å². The molecule has 1 nitrogen and oxygen atoms in total. The third kappa shape index (κ3) is 5.41. The molecule has 1 aromatic rings. The highest BCUT2D eigenvalue weighted by atomic mass is 35.5. The van der Waals surface area contributed by atoms with E-state index in [2.05, 4.69) is 57.3 Å². The number of hydrogen-bond acceptors (Lipinski definition) is 1. The Bertz CT molecular complexity index is 348. The van der Waals surface area contributed by atoms with Crippen molar-refractivity contribution in [2.45, 2.75) is 64.4 Å². The maximum absolute atomic E-state index is 5.99. The molecule has 0 aliphatic rings. The Morgan fingerprint density at radius 3 is 2.11 bits per heavy atom. The molecule has 1 N–H and O–H groups in total. The van der Waals surface area contributed by atoms with Crippen LogP contribution in [0.25, 0.3) is 0 Å². The Labute approximate surface area is 117 Å². The monoisotopic (exact) mass is 267 g/mol. The van der Waals surface area contributed by atoms with E-state index in [0.717, 1.165) is 13.0 Å². The maximum Gasteiger partial charge on any atom is 0.0322 e. The second-order valence-electron chi connectivity index (χ2n) is 6.25. The van der Waals surface area contributed by atoms with E-state index >= 15 is 0 Å². The Morgan fingerprint density at radius 1 is 1.11 bits per heavy atom. The molecule has 0 aromatic heterocycles. The lowest BCUT2D eigenvalue weighted by Gasteiger charge is -2.20. The Hall–Kier alpha value is -0.530. The summed E-state index contributed by atoms with van der Waals surface area (Å²) in [6.45, 7) is 11.9. The number of hydrogen-bond donors (Lipinski definition) is 1. The van der Waals surface area contributed by atoms with Crippen LogP contribution in [0.5, 0.6) is 0 Å². The van der Waals surface area contributed by atoms with Gasteiger partial charge in [-0.2, -0.15) is 0 Å². The highest BCUT2D eigenvalue weighted by Gasteiger charge is 2.12. The summed E-state index contributed by atoms with van der Waals surface area (Å²) < 4.78 is 0. The van der Waals surface area contributed by atoms with Crippen molar-refractivity contribution in [2.75, 3.05) is 0 Å². The lowest BCUT2D eigenvalue weighted by molar-refractivity contribution is 0.511. The predicted molar refractivity (Wildman–Crippen MR) is 81.4 cm³/mol. The topological polar surface area (TPSA) is 12.0 Å². The number of halogens is 1. The normalized spacial score (nSPS) is 15.4. The van der Waals surface area contributed by atoms with E-state index in [4.69, 9.17) is 11.6 Å². The molecule has 0 aliphatic carbocycles. The van der Waals surface area contributed by atoms with Gasteiger partial charge >= 0.3 is 0 Å². The minimum Gasteiger partial charge on any atom is -0.310 e. The first-order valence-corrected chi connectivity index (χ1v) is 7.19. The minimum absolute atomic E-state index is 0.229. The van der Waals surface area contributed by atoms with Crippen LogP contribution in [0.3, 0.4) is 0 Å². The maximum atomic E-state index is 5.99. The third-order valence-electron chi connectivity index (χ3n) is 3.15. The average Bonchev–Trinajstić information content (AvgIpc) is 2.25. The van der Waals surface area contributed by atoms with Gasteiger partial charge in [-0.05, 0) is 36.8 Å². The molecule has 0 heterocycles. The molecule has 1 aromatic carbocycles. The highest BCUT2D eigenvalue weighted by Crippen LogP contribution is 2.22. The van der Waals surface area contributed by atoms with E-state index in [1.54, 1.807) is 0 Å². The highest BCUT2D eigenvalue weighted by molar-refractivity contribution is 6.20. The van der Waals surface area contributed by atoms with Crippen LogP contribution in [-0.4, -0.2) is 11.4 Å². The molecule has 2 atom stereocenters. The van der Waals surface area contributed by atoms with Crippen LogP contribution in [0.1, 0.15) is 52.2 Å². The molecule has 0 bridgehead atoms. The molecule has 0 saturated carbocycles. The Kier molecular flexibility index (Phi) is 5.68. The number of benzene rings is 1. The van der Waals surface area contributed by atoms with Crippen molar-refractivity contribution >= 4 is 11.6 Å². The number of alkyl halides is 1. The van der Waals surface area contributed by atoms with Crippen LogP contribution < -0.4 is 5.32 Å². The summed E-state index contributed by atoms with van der Waals surface area (Å²) >= 11 is 5.99. The van der Waals surface area contributed by atoms with Crippen LogP contribution in [0.2, 0.25) is 0 Å². The van der Waals surface area contributed by atoms with Crippen LogP contribution >= 0.6 is 11.6 Å². The van der Waals surface area contributed by atoms with Gasteiger partial charge in [0.05, 0.1) is 0 Å². The van der Waals surface area contributed by atoms with E-state index in [-0.39, 0.29) is 10.8 Å². The molecule has 0 spiro atoms. The third-order valence-corrected chi connectivity index (χ3v) is 3.33. The summed E-state index contributed by atoms with van der Waals surface area (Å²) in [5.74, 6) is 0. The van der Waals surface area contributed by atoms with Gasteiger partial charge in [0.15, 0.2) is 0 Å². The molecular formula is C16H26ClN. The number of rotatable bonds is 5. The standard InChI is InChI=1S/C16H26ClN/c1-12(17)10-13(2)18-11-14-6-8-15(9-7-14)16(3,4)5/h6-9,12-13,18H,10-11H2,1-5H3. The average molecular weight is 268 g/mol. The summed E-state index contributed by atoms with van der Waals surface area (Å²) in [5.41, 5.74) is 2.94. The van der Waals surface area contributed by atoms with Gasteiger partial charge in [0.25, 0.3) is 0 Å². The Morgan fingerprint density at radius 2 is 1.67 bits per heavy atom. The second-order valence-corrected chi connectivity index (χ2v) is 6.99. The summed E-state index contributed by atoms with van der Waals surface area (Å²) in [5, 5.41) is 3.74. The summed E-state index contributed by atoms with van der Waals surface area (Å²) in [6.07, 6.45) is 1.00. The van der Waals surface area contributed by atoms with Crippen molar-refractivity contribution in [1.82, 2.24) is 5.32 Å². The van der Waals surface area contributed by atoms with Crippen molar-refractivity contribution in [3.05, 3.63) is 35.4 Å². The first-order valence-electron chi connectivity index (χ1n) is 6.76. The molecule has 0 fully saturated rings.